The molecule has 158 valence electrons. The van der Waals surface area contributed by atoms with E-state index in [1.165, 1.54) is 0 Å². The summed E-state index contributed by atoms with van der Waals surface area (Å²) in [6, 6.07) is 2.03. The summed E-state index contributed by atoms with van der Waals surface area (Å²) in [5, 5.41) is 12.5. The number of amides is 1. The number of hydrogen-bond acceptors (Lipinski definition) is 4. The van der Waals surface area contributed by atoms with Crippen LogP contribution in [0.3, 0.4) is 0 Å². The van der Waals surface area contributed by atoms with Crippen molar-refractivity contribution in [2.24, 2.45) is 0 Å². The number of aliphatic carboxylic acids is 1. The Bertz CT molecular complexity index is 923. The maximum absolute atomic E-state index is 12.3. The van der Waals surface area contributed by atoms with Gasteiger partial charge in [-0.05, 0) is 64.7 Å². The smallest absolute Gasteiger partial charge is 0.303 e. The summed E-state index contributed by atoms with van der Waals surface area (Å²) < 4.78 is 11.8. The highest BCUT2D eigenvalue weighted by atomic mass is 16.5. The van der Waals surface area contributed by atoms with Crippen molar-refractivity contribution in [3.63, 3.8) is 0 Å². The molecule has 29 heavy (non-hydrogen) atoms. The zero-order valence-corrected chi connectivity index (χ0v) is 18.0. The molecule has 0 aliphatic rings. The lowest BCUT2D eigenvalue weighted by molar-refractivity contribution is -0.137. The lowest BCUT2D eigenvalue weighted by atomic mass is 9.98. The number of fused-ring (bicyclic) bond motifs is 1. The first-order valence-corrected chi connectivity index (χ1v) is 10.1. The van der Waals surface area contributed by atoms with Gasteiger partial charge in [0.2, 0.25) is 5.91 Å². The van der Waals surface area contributed by atoms with Gasteiger partial charge in [-0.3, -0.25) is 9.59 Å². The third kappa shape index (κ3) is 5.62. The molecule has 1 aromatic carbocycles. The minimum Gasteiger partial charge on any atom is -0.493 e. The van der Waals surface area contributed by atoms with Crippen molar-refractivity contribution in [1.29, 1.82) is 0 Å². The fraction of sp³-hybridized carbons (Fsp3) is 0.478. The molecule has 2 N–H and O–H groups in total. The zero-order valence-electron chi connectivity index (χ0n) is 18.0. The van der Waals surface area contributed by atoms with Gasteiger partial charge in [0.1, 0.15) is 17.1 Å². The number of rotatable bonds is 10. The topological polar surface area (TPSA) is 88.8 Å². The van der Waals surface area contributed by atoms with Crippen molar-refractivity contribution in [3.05, 3.63) is 34.6 Å². The normalized spacial score (nSPS) is 11.7. The van der Waals surface area contributed by atoms with Crippen LogP contribution in [0, 0.1) is 20.8 Å². The molecule has 1 heterocycles. The number of ether oxygens (including phenoxy) is 1. The number of allylic oxidation sites excluding steroid dienone is 1. The van der Waals surface area contributed by atoms with Crippen LogP contribution in [0.1, 0.15) is 62.0 Å². The zero-order chi connectivity index (χ0) is 21.6. The fourth-order valence-corrected chi connectivity index (χ4v) is 3.35. The number of benzene rings is 1. The Labute approximate surface area is 171 Å². The molecule has 0 radical (unpaired) electrons. The highest BCUT2D eigenvalue weighted by Crippen LogP contribution is 2.38. The van der Waals surface area contributed by atoms with E-state index in [-0.39, 0.29) is 12.3 Å². The second-order valence-corrected chi connectivity index (χ2v) is 7.29. The van der Waals surface area contributed by atoms with E-state index in [0.717, 1.165) is 57.6 Å². The quantitative estimate of drug-likeness (QED) is 0.436. The Balaban J connectivity index is 2.16. The van der Waals surface area contributed by atoms with Gasteiger partial charge in [0, 0.05) is 35.6 Å². The van der Waals surface area contributed by atoms with Crippen LogP contribution in [0.25, 0.3) is 16.5 Å². The predicted octanol–water partition coefficient (Wildman–Crippen LogP) is 4.92. The maximum Gasteiger partial charge on any atom is 0.303 e. The van der Waals surface area contributed by atoms with E-state index >= 15 is 0 Å². The van der Waals surface area contributed by atoms with E-state index in [9.17, 15) is 9.59 Å². The Morgan fingerprint density at radius 2 is 1.90 bits per heavy atom. The molecule has 2 rings (SSSR count). The van der Waals surface area contributed by atoms with Gasteiger partial charge in [-0.15, -0.1) is 0 Å². The lowest BCUT2D eigenvalue weighted by Crippen LogP contribution is -2.22. The van der Waals surface area contributed by atoms with Crippen molar-refractivity contribution in [3.8, 4) is 5.75 Å². The van der Waals surface area contributed by atoms with Crippen LogP contribution >= 0.6 is 0 Å². The third-order valence-corrected chi connectivity index (χ3v) is 5.07. The first kappa shape index (κ1) is 22.5. The molecule has 0 aliphatic heterocycles. The van der Waals surface area contributed by atoms with Gasteiger partial charge in [0.05, 0.1) is 6.61 Å². The number of unbranched alkanes of at least 4 members (excludes halogenated alkanes) is 2. The minimum absolute atomic E-state index is 0.166. The van der Waals surface area contributed by atoms with E-state index in [1.807, 2.05) is 40.7 Å². The van der Waals surface area contributed by atoms with Crippen molar-refractivity contribution < 1.29 is 23.8 Å². The van der Waals surface area contributed by atoms with Crippen LogP contribution in [0.5, 0.6) is 5.75 Å². The molecule has 2 aromatic rings. The Morgan fingerprint density at radius 1 is 1.17 bits per heavy atom. The molecule has 0 fully saturated rings. The first-order chi connectivity index (χ1) is 13.8. The van der Waals surface area contributed by atoms with Crippen LogP contribution in [0.2, 0.25) is 0 Å². The second-order valence-electron chi connectivity index (χ2n) is 7.29. The Hall–Kier alpha value is -2.76. The average Bonchev–Trinajstić information content (AvgIpc) is 2.94. The van der Waals surface area contributed by atoms with Crippen LogP contribution in [-0.4, -0.2) is 30.1 Å². The van der Waals surface area contributed by atoms with Crippen LogP contribution in [0.4, 0.5) is 0 Å². The summed E-state index contributed by atoms with van der Waals surface area (Å²) in [5.74, 6) is 0.669. The van der Waals surface area contributed by atoms with Gasteiger partial charge in [-0.25, -0.2) is 0 Å². The fourth-order valence-electron chi connectivity index (χ4n) is 3.35. The molecule has 0 unspecified atom stereocenters. The summed E-state index contributed by atoms with van der Waals surface area (Å²) in [6.45, 7) is 10.8. The van der Waals surface area contributed by atoms with Crippen LogP contribution in [-0.2, 0) is 9.59 Å². The molecule has 1 aromatic heterocycles. The molecule has 1 amide bonds. The molecule has 0 saturated heterocycles. The molecular formula is C23H31NO5. The molecule has 0 aliphatic carbocycles. The number of carbonyl (C=O) groups is 2. The number of nitrogens with one attached hydrogen (secondary N) is 1. The van der Waals surface area contributed by atoms with Gasteiger partial charge in [-0.2, -0.15) is 0 Å². The number of carbonyl (C=O) groups excluding carboxylic acids is 1. The molecule has 0 spiro atoms. The number of carboxylic acids is 1. The summed E-state index contributed by atoms with van der Waals surface area (Å²) in [7, 11) is 0. The summed E-state index contributed by atoms with van der Waals surface area (Å²) >= 11 is 0. The average molecular weight is 402 g/mol. The van der Waals surface area contributed by atoms with Gasteiger partial charge in [-0.1, -0.05) is 6.42 Å². The highest BCUT2D eigenvalue weighted by molar-refractivity contribution is 5.98. The van der Waals surface area contributed by atoms with E-state index in [1.54, 1.807) is 6.08 Å². The van der Waals surface area contributed by atoms with Gasteiger partial charge >= 0.3 is 5.97 Å². The van der Waals surface area contributed by atoms with E-state index in [4.69, 9.17) is 14.3 Å². The first-order valence-electron chi connectivity index (χ1n) is 10.1. The Morgan fingerprint density at radius 3 is 2.55 bits per heavy atom. The van der Waals surface area contributed by atoms with Crippen molar-refractivity contribution in [1.82, 2.24) is 5.32 Å². The van der Waals surface area contributed by atoms with Crippen LogP contribution in [0.15, 0.2) is 16.6 Å². The molecule has 0 bridgehead atoms. The molecule has 6 nitrogen and oxygen atoms in total. The van der Waals surface area contributed by atoms with E-state index in [2.05, 4.69) is 5.32 Å². The third-order valence-electron chi connectivity index (χ3n) is 5.07. The van der Waals surface area contributed by atoms with Gasteiger partial charge in [0.15, 0.2) is 0 Å². The number of aryl methyl sites for hydroxylation is 3. The lowest BCUT2D eigenvalue weighted by Gasteiger charge is -2.14. The largest absolute Gasteiger partial charge is 0.493 e. The van der Waals surface area contributed by atoms with Crippen molar-refractivity contribution in [2.75, 3.05) is 13.2 Å². The second kappa shape index (κ2) is 10.1. The SMILES string of the molecule is CCOc1c(/C(C)=C/C(=O)NCCCCCC(=O)O)cc2c(C)c(C)oc2c1C. The standard InChI is InChI=1S/C23H31NO5/c1-6-28-22-16(4)23-19(15(3)17(5)29-23)13-18(22)14(2)12-20(25)24-11-9-7-8-10-21(26)27/h12-13H,6-11H2,1-5H3,(H,24,25)(H,26,27)/b14-12+. The maximum atomic E-state index is 12.3. The van der Waals surface area contributed by atoms with Gasteiger partial charge in [0.25, 0.3) is 0 Å². The molecule has 6 heteroatoms. The molecular weight excluding hydrogens is 370 g/mol. The van der Waals surface area contributed by atoms with Crippen LogP contribution < -0.4 is 10.1 Å². The van der Waals surface area contributed by atoms with E-state index in [0.29, 0.717) is 19.6 Å². The predicted molar refractivity (Wildman–Crippen MR) is 114 cm³/mol. The Kier molecular flexibility index (Phi) is 7.88. The van der Waals surface area contributed by atoms with Crippen molar-refractivity contribution >= 4 is 28.4 Å². The monoisotopic (exact) mass is 401 g/mol. The van der Waals surface area contributed by atoms with Gasteiger partial charge < -0.3 is 19.6 Å². The number of furan rings is 1. The summed E-state index contributed by atoms with van der Waals surface area (Å²) in [5.41, 5.74) is 4.55. The number of hydrogen-bond donors (Lipinski definition) is 2. The summed E-state index contributed by atoms with van der Waals surface area (Å²) in [4.78, 5) is 22.8. The van der Waals surface area contributed by atoms with E-state index < -0.39 is 5.97 Å². The molecule has 0 atom stereocenters. The number of carboxylic acid groups (broad SMARTS) is 1. The van der Waals surface area contributed by atoms with Crippen molar-refractivity contribution in [2.45, 2.75) is 60.3 Å². The summed E-state index contributed by atoms with van der Waals surface area (Å²) in [6.07, 6.45) is 3.92. The molecule has 0 saturated carbocycles. The minimum atomic E-state index is -0.784. The highest BCUT2D eigenvalue weighted by Gasteiger charge is 2.18.